The lowest BCUT2D eigenvalue weighted by Gasteiger charge is -2.01. The van der Waals surface area contributed by atoms with Crippen LogP contribution in [0.25, 0.3) is 32.3 Å². The Morgan fingerprint density at radius 3 is 2.83 bits per heavy atom. The van der Waals surface area contributed by atoms with E-state index in [9.17, 15) is 4.79 Å². The summed E-state index contributed by atoms with van der Waals surface area (Å²) in [6.07, 6.45) is 1.57. The second kappa shape index (κ2) is 5.01. The van der Waals surface area contributed by atoms with E-state index in [4.69, 9.17) is 4.42 Å². The van der Waals surface area contributed by atoms with Gasteiger partial charge in [0, 0.05) is 5.39 Å². The first-order chi connectivity index (χ1) is 11.8. The number of thiazole rings is 1. The van der Waals surface area contributed by atoms with Crippen molar-refractivity contribution in [3.8, 4) is 0 Å². The third-order valence-electron chi connectivity index (χ3n) is 3.99. The van der Waals surface area contributed by atoms with Gasteiger partial charge in [0.25, 0.3) is 5.56 Å². The Kier molecular flexibility index (Phi) is 2.80. The molecule has 6 heteroatoms. The van der Waals surface area contributed by atoms with E-state index in [1.165, 1.54) is 0 Å². The minimum absolute atomic E-state index is 0.185. The Morgan fingerprint density at radius 1 is 1.08 bits per heavy atom. The van der Waals surface area contributed by atoms with Gasteiger partial charge in [-0.2, -0.15) is 0 Å². The maximum atomic E-state index is 12.7. The largest absolute Gasteiger partial charge is 0.448 e. The van der Waals surface area contributed by atoms with Crippen molar-refractivity contribution < 1.29 is 4.42 Å². The number of para-hydroxylation sites is 2. The van der Waals surface area contributed by atoms with Gasteiger partial charge in [-0.05, 0) is 24.3 Å². The van der Waals surface area contributed by atoms with Crippen LogP contribution in [-0.2, 0) is 6.54 Å². The number of hydrogen-bond donors (Lipinski definition) is 0. The average molecular weight is 333 g/mol. The van der Waals surface area contributed by atoms with Gasteiger partial charge in [0.1, 0.15) is 16.1 Å². The van der Waals surface area contributed by atoms with Gasteiger partial charge in [0.2, 0.25) is 5.58 Å². The molecule has 0 aliphatic carbocycles. The highest BCUT2D eigenvalue weighted by Crippen LogP contribution is 2.25. The molecule has 2 aromatic carbocycles. The van der Waals surface area contributed by atoms with Gasteiger partial charge in [-0.15, -0.1) is 11.3 Å². The first kappa shape index (κ1) is 13.4. The van der Waals surface area contributed by atoms with Gasteiger partial charge >= 0.3 is 0 Å². The average Bonchev–Trinajstić information content (AvgIpc) is 3.18. The lowest BCUT2D eigenvalue weighted by molar-refractivity contribution is 0.642. The minimum atomic E-state index is -0.185. The number of hydrogen-bond acceptors (Lipinski definition) is 5. The van der Waals surface area contributed by atoms with E-state index in [1.54, 1.807) is 22.2 Å². The topological polar surface area (TPSA) is 60.9 Å². The molecule has 0 saturated heterocycles. The molecule has 5 rings (SSSR count). The number of nitrogens with zero attached hydrogens (tertiary/aromatic N) is 3. The number of fused-ring (bicyclic) bond motifs is 4. The summed E-state index contributed by atoms with van der Waals surface area (Å²) in [5.74, 6) is 0. The van der Waals surface area contributed by atoms with Crippen LogP contribution < -0.4 is 5.56 Å². The van der Waals surface area contributed by atoms with Crippen LogP contribution in [0.1, 0.15) is 5.01 Å². The number of aromatic nitrogens is 3. The predicted molar refractivity (Wildman–Crippen MR) is 94.5 cm³/mol. The Bertz CT molecular complexity index is 1230. The van der Waals surface area contributed by atoms with Crippen LogP contribution in [0.4, 0.5) is 0 Å². The molecule has 0 spiro atoms. The van der Waals surface area contributed by atoms with E-state index in [1.807, 2.05) is 48.5 Å². The molecule has 116 valence electrons. The van der Waals surface area contributed by atoms with Crippen LogP contribution >= 0.6 is 11.3 Å². The molecule has 0 aliphatic heterocycles. The molecule has 5 nitrogen and oxygen atoms in total. The van der Waals surface area contributed by atoms with Crippen LogP contribution in [0.2, 0.25) is 0 Å². The summed E-state index contributed by atoms with van der Waals surface area (Å²) in [6.45, 7) is 0.387. The van der Waals surface area contributed by atoms with Crippen LogP contribution in [-0.4, -0.2) is 14.5 Å². The van der Waals surface area contributed by atoms with Crippen LogP contribution in [0.15, 0.2) is 64.1 Å². The Labute approximate surface area is 139 Å². The molecular formula is C18H11N3O2S. The molecule has 5 aromatic rings. The first-order valence-corrected chi connectivity index (χ1v) is 8.32. The standard InChI is InChI=1S/C18H11N3O2S/c22-18-17-16(11-5-1-3-7-13(11)23-17)19-10-21(18)9-15-20-12-6-2-4-8-14(12)24-15/h1-8,10H,9H2. The smallest absolute Gasteiger partial charge is 0.297 e. The lowest BCUT2D eigenvalue weighted by Crippen LogP contribution is -2.20. The van der Waals surface area contributed by atoms with Gasteiger partial charge in [0.05, 0.1) is 23.1 Å². The molecule has 0 aliphatic rings. The van der Waals surface area contributed by atoms with Crippen LogP contribution in [0, 0.1) is 0 Å². The maximum absolute atomic E-state index is 12.7. The Morgan fingerprint density at radius 2 is 1.92 bits per heavy atom. The van der Waals surface area contributed by atoms with Crippen molar-refractivity contribution in [2.24, 2.45) is 0 Å². The summed E-state index contributed by atoms with van der Waals surface area (Å²) >= 11 is 1.58. The van der Waals surface area contributed by atoms with Crippen molar-refractivity contribution in [1.82, 2.24) is 14.5 Å². The molecule has 0 N–H and O–H groups in total. The number of rotatable bonds is 2. The highest BCUT2D eigenvalue weighted by molar-refractivity contribution is 7.18. The van der Waals surface area contributed by atoms with E-state index in [0.717, 1.165) is 20.6 Å². The lowest BCUT2D eigenvalue weighted by atomic mass is 10.2. The fraction of sp³-hybridized carbons (Fsp3) is 0.0556. The third-order valence-corrected chi connectivity index (χ3v) is 5.02. The van der Waals surface area contributed by atoms with Crippen LogP contribution in [0.3, 0.4) is 0 Å². The van der Waals surface area contributed by atoms with Gasteiger partial charge in [-0.1, -0.05) is 24.3 Å². The van der Waals surface area contributed by atoms with Crippen molar-refractivity contribution >= 4 is 43.6 Å². The Balaban J connectivity index is 1.65. The zero-order valence-electron chi connectivity index (χ0n) is 12.5. The molecule has 3 heterocycles. The van der Waals surface area contributed by atoms with E-state index in [2.05, 4.69) is 9.97 Å². The molecule has 0 atom stereocenters. The zero-order chi connectivity index (χ0) is 16.1. The minimum Gasteiger partial charge on any atom is -0.448 e. The molecule has 0 amide bonds. The summed E-state index contributed by atoms with van der Waals surface area (Å²) in [7, 11) is 0. The quantitative estimate of drug-likeness (QED) is 0.493. The van der Waals surface area contributed by atoms with Crippen molar-refractivity contribution in [2.75, 3.05) is 0 Å². The first-order valence-electron chi connectivity index (χ1n) is 7.51. The van der Waals surface area contributed by atoms with Crippen molar-refractivity contribution in [3.63, 3.8) is 0 Å². The van der Waals surface area contributed by atoms with Crippen molar-refractivity contribution in [3.05, 3.63) is 70.2 Å². The maximum Gasteiger partial charge on any atom is 0.297 e. The third kappa shape index (κ3) is 1.97. The van der Waals surface area contributed by atoms with Crippen molar-refractivity contribution in [1.29, 1.82) is 0 Å². The summed E-state index contributed by atoms with van der Waals surface area (Å²) in [4.78, 5) is 21.7. The molecule has 0 saturated carbocycles. The van der Waals surface area contributed by atoms with Gasteiger partial charge in [0.15, 0.2) is 0 Å². The summed E-state index contributed by atoms with van der Waals surface area (Å²) in [5, 5.41) is 1.73. The van der Waals surface area contributed by atoms with Gasteiger partial charge in [-0.3, -0.25) is 9.36 Å². The normalized spacial score (nSPS) is 11.7. The second-order valence-corrected chi connectivity index (χ2v) is 6.64. The van der Waals surface area contributed by atoms with Crippen molar-refractivity contribution in [2.45, 2.75) is 6.54 Å². The summed E-state index contributed by atoms with van der Waals surface area (Å²) in [6, 6.07) is 15.5. The molecule has 3 aromatic heterocycles. The predicted octanol–water partition coefficient (Wildman–Crippen LogP) is 3.80. The fourth-order valence-corrected chi connectivity index (χ4v) is 3.83. The van der Waals surface area contributed by atoms with Crippen LogP contribution in [0.5, 0.6) is 0 Å². The fourth-order valence-electron chi connectivity index (χ4n) is 2.86. The van der Waals surface area contributed by atoms with E-state index in [0.29, 0.717) is 23.2 Å². The monoisotopic (exact) mass is 333 g/mol. The van der Waals surface area contributed by atoms with Gasteiger partial charge in [-0.25, -0.2) is 9.97 Å². The molecule has 0 fully saturated rings. The zero-order valence-corrected chi connectivity index (χ0v) is 13.3. The second-order valence-electron chi connectivity index (χ2n) is 5.53. The highest BCUT2D eigenvalue weighted by atomic mass is 32.1. The highest BCUT2D eigenvalue weighted by Gasteiger charge is 2.14. The van der Waals surface area contributed by atoms with E-state index in [-0.39, 0.29) is 5.56 Å². The Hall–Kier alpha value is -2.99. The van der Waals surface area contributed by atoms with E-state index >= 15 is 0 Å². The molecular weight excluding hydrogens is 322 g/mol. The summed E-state index contributed by atoms with van der Waals surface area (Å²) in [5.41, 5.74) is 2.34. The molecule has 0 radical (unpaired) electrons. The molecule has 24 heavy (non-hydrogen) atoms. The molecule has 0 bridgehead atoms. The van der Waals surface area contributed by atoms with Gasteiger partial charge < -0.3 is 4.42 Å². The SMILES string of the molecule is O=c1c2oc3ccccc3c2ncn1Cc1nc2ccccc2s1. The number of benzene rings is 2. The molecule has 0 unspecified atom stereocenters. The van der Waals surface area contributed by atoms with E-state index < -0.39 is 0 Å². The summed E-state index contributed by atoms with van der Waals surface area (Å²) < 4.78 is 8.36. The number of furan rings is 1.